The number of benzene rings is 1. The van der Waals surface area contributed by atoms with Crippen molar-refractivity contribution in [3.05, 3.63) is 54.4 Å². The van der Waals surface area contributed by atoms with E-state index < -0.39 is 0 Å². The molecule has 5 heteroatoms. The molecule has 0 radical (unpaired) electrons. The van der Waals surface area contributed by atoms with Crippen molar-refractivity contribution in [3.8, 4) is 11.1 Å². The van der Waals surface area contributed by atoms with Crippen molar-refractivity contribution in [2.75, 3.05) is 20.2 Å². The highest BCUT2D eigenvalue weighted by Crippen LogP contribution is 2.25. The van der Waals surface area contributed by atoms with E-state index in [1.807, 2.05) is 35.4 Å². The number of amides is 2. The molecule has 1 saturated heterocycles. The molecule has 0 saturated carbocycles. The molecule has 2 aromatic rings. The Morgan fingerprint density at radius 3 is 2.85 bits per heavy atom. The maximum atomic E-state index is 12.5. The first-order chi connectivity index (χ1) is 12.6. The van der Waals surface area contributed by atoms with E-state index in [2.05, 4.69) is 29.4 Å². The zero-order chi connectivity index (χ0) is 18.4. The van der Waals surface area contributed by atoms with Crippen LogP contribution in [0.3, 0.4) is 0 Å². The van der Waals surface area contributed by atoms with Crippen LogP contribution in [0, 0.1) is 0 Å². The molecular formula is C21H27N3O2. The van der Waals surface area contributed by atoms with Crippen LogP contribution >= 0.6 is 0 Å². The average Bonchev–Trinajstić information content (AvgIpc) is 2.89. The van der Waals surface area contributed by atoms with Crippen molar-refractivity contribution in [1.82, 2.24) is 15.2 Å². The molecule has 0 spiro atoms. The molecule has 26 heavy (non-hydrogen) atoms. The number of urea groups is 1. The van der Waals surface area contributed by atoms with Gasteiger partial charge in [-0.05, 0) is 55.0 Å². The molecule has 1 aromatic heterocycles. The summed E-state index contributed by atoms with van der Waals surface area (Å²) in [6, 6.07) is 12.2. The number of carbonyl (C=O) groups is 1. The molecule has 1 unspecified atom stereocenters. The quantitative estimate of drug-likeness (QED) is 0.908. The van der Waals surface area contributed by atoms with E-state index in [1.54, 1.807) is 13.3 Å². The third-order valence-corrected chi connectivity index (χ3v) is 5.19. The summed E-state index contributed by atoms with van der Waals surface area (Å²) in [4.78, 5) is 18.6. The minimum absolute atomic E-state index is 0.00265. The fourth-order valence-electron chi connectivity index (χ4n) is 3.34. The molecule has 1 fully saturated rings. The van der Waals surface area contributed by atoms with E-state index in [9.17, 15) is 4.79 Å². The number of methoxy groups -OCH3 is 1. The Labute approximate surface area is 155 Å². The smallest absolute Gasteiger partial charge is 0.317 e. The lowest BCUT2D eigenvalue weighted by Gasteiger charge is -2.26. The Hall–Kier alpha value is -2.40. The molecule has 1 aliphatic heterocycles. The number of carbonyl (C=O) groups excluding carboxylic acids is 1. The summed E-state index contributed by atoms with van der Waals surface area (Å²) in [5.74, 6) is 0. The fourth-order valence-corrected chi connectivity index (χ4v) is 3.34. The highest BCUT2D eigenvalue weighted by atomic mass is 16.5. The first-order valence-corrected chi connectivity index (χ1v) is 9.17. The second-order valence-electron chi connectivity index (χ2n) is 7.10. The monoisotopic (exact) mass is 353 g/mol. The van der Waals surface area contributed by atoms with E-state index in [0.717, 1.165) is 49.0 Å². The summed E-state index contributed by atoms with van der Waals surface area (Å²) in [5.41, 5.74) is 3.14. The van der Waals surface area contributed by atoms with Crippen molar-refractivity contribution in [1.29, 1.82) is 0 Å². The zero-order valence-electron chi connectivity index (χ0n) is 15.6. The summed E-state index contributed by atoms with van der Waals surface area (Å²) in [6.07, 6.45) is 6.44. The van der Waals surface area contributed by atoms with Gasteiger partial charge < -0.3 is 15.0 Å². The second-order valence-corrected chi connectivity index (χ2v) is 7.10. The predicted octanol–water partition coefficient (Wildman–Crippen LogP) is 3.85. The van der Waals surface area contributed by atoms with Gasteiger partial charge in [0.2, 0.25) is 0 Å². The van der Waals surface area contributed by atoms with Gasteiger partial charge >= 0.3 is 6.03 Å². The van der Waals surface area contributed by atoms with Gasteiger partial charge in [0.1, 0.15) is 0 Å². The normalized spacial score (nSPS) is 20.5. The second kappa shape index (κ2) is 8.32. The molecule has 1 atom stereocenters. The molecule has 1 N–H and O–H groups in total. The van der Waals surface area contributed by atoms with Crippen LogP contribution in [-0.4, -0.2) is 41.7 Å². The summed E-state index contributed by atoms with van der Waals surface area (Å²) >= 11 is 0. The summed E-state index contributed by atoms with van der Waals surface area (Å²) in [5, 5.41) is 3.05. The minimum Gasteiger partial charge on any atom is -0.378 e. The number of aromatic nitrogens is 1. The van der Waals surface area contributed by atoms with Gasteiger partial charge in [-0.15, -0.1) is 0 Å². The lowest BCUT2D eigenvalue weighted by molar-refractivity contribution is -0.00499. The summed E-state index contributed by atoms with van der Waals surface area (Å²) in [6.45, 7) is 4.15. The van der Waals surface area contributed by atoms with Crippen LogP contribution in [0.15, 0.2) is 48.8 Å². The maximum absolute atomic E-state index is 12.5. The van der Waals surface area contributed by atoms with Crippen LogP contribution in [0.4, 0.5) is 4.79 Å². The average molecular weight is 353 g/mol. The number of pyridine rings is 1. The van der Waals surface area contributed by atoms with Gasteiger partial charge in [0.25, 0.3) is 0 Å². The number of likely N-dealkylation sites (tertiary alicyclic amines) is 1. The van der Waals surface area contributed by atoms with Crippen molar-refractivity contribution in [2.45, 2.75) is 38.3 Å². The molecule has 2 amide bonds. The standard InChI is InChI=1S/C21H27N3O2/c1-21(26-2)9-5-12-24(13-10-21)20(25)23-15-17-6-3-7-18(14-17)19-8-4-11-22-16-19/h3-4,6-8,11,14,16H,5,9-10,12-13,15H2,1-2H3,(H,23,25). The number of nitrogens with one attached hydrogen (secondary N) is 1. The van der Waals surface area contributed by atoms with E-state index in [4.69, 9.17) is 4.74 Å². The van der Waals surface area contributed by atoms with Crippen LogP contribution in [0.1, 0.15) is 31.7 Å². The third kappa shape index (κ3) is 4.61. The van der Waals surface area contributed by atoms with E-state index >= 15 is 0 Å². The molecule has 1 aromatic carbocycles. The highest BCUT2D eigenvalue weighted by molar-refractivity contribution is 5.74. The molecule has 0 aliphatic carbocycles. The SMILES string of the molecule is COC1(C)CCCN(C(=O)NCc2cccc(-c3cccnc3)c2)CC1. The zero-order valence-corrected chi connectivity index (χ0v) is 15.6. The molecule has 0 bridgehead atoms. The number of rotatable bonds is 4. The summed E-state index contributed by atoms with van der Waals surface area (Å²) in [7, 11) is 1.75. The lowest BCUT2D eigenvalue weighted by Crippen LogP contribution is -2.40. The fraction of sp³-hybridized carbons (Fsp3) is 0.429. The van der Waals surface area contributed by atoms with Crippen LogP contribution in [0.2, 0.25) is 0 Å². The van der Waals surface area contributed by atoms with Gasteiger partial charge in [0.05, 0.1) is 5.60 Å². The lowest BCUT2D eigenvalue weighted by atomic mass is 9.97. The largest absolute Gasteiger partial charge is 0.378 e. The highest BCUT2D eigenvalue weighted by Gasteiger charge is 2.29. The van der Waals surface area contributed by atoms with Gasteiger partial charge in [-0.1, -0.05) is 24.3 Å². The van der Waals surface area contributed by atoms with Crippen molar-refractivity contribution < 1.29 is 9.53 Å². The minimum atomic E-state index is -0.118. The molecular weight excluding hydrogens is 326 g/mol. The molecule has 138 valence electrons. The van der Waals surface area contributed by atoms with E-state index in [0.29, 0.717) is 6.54 Å². The van der Waals surface area contributed by atoms with Gasteiger partial charge in [0.15, 0.2) is 0 Å². The predicted molar refractivity (Wildman–Crippen MR) is 103 cm³/mol. The van der Waals surface area contributed by atoms with E-state index in [1.165, 1.54) is 0 Å². The van der Waals surface area contributed by atoms with Crippen molar-refractivity contribution in [2.24, 2.45) is 0 Å². The molecule has 5 nitrogen and oxygen atoms in total. The van der Waals surface area contributed by atoms with Gasteiger partial charge in [-0.3, -0.25) is 4.98 Å². The molecule has 2 heterocycles. The van der Waals surface area contributed by atoms with Gasteiger partial charge in [-0.2, -0.15) is 0 Å². The topological polar surface area (TPSA) is 54.5 Å². The number of nitrogens with zero attached hydrogens (tertiary/aromatic N) is 2. The van der Waals surface area contributed by atoms with Crippen molar-refractivity contribution in [3.63, 3.8) is 0 Å². The first-order valence-electron chi connectivity index (χ1n) is 9.17. The van der Waals surface area contributed by atoms with Crippen LogP contribution in [0.25, 0.3) is 11.1 Å². The Morgan fingerprint density at radius 2 is 2.08 bits per heavy atom. The Bertz CT molecular complexity index is 735. The van der Waals surface area contributed by atoms with E-state index in [-0.39, 0.29) is 11.6 Å². The van der Waals surface area contributed by atoms with Crippen LogP contribution < -0.4 is 5.32 Å². The van der Waals surface area contributed by atoms with Crippen molar-refractivity contribution >= 4 is 6.03 Å². The Kier molecular flexibility index (Phi) is 5.89. The number of ether oxygens (including phenoxy) is 1. The van der Waals surface area contributed by atoms with Gasteiger partial charge in [-0.25, -0.2) is 4.79 Å². The maximum Gasteiger partial charge on any atom is 0.317 e. The Morgan fingerprint density at radius 1 is 1.23 bits per heavy atom. The molecule has 1 aliphatic rings. The number of hydrogen-bond donors (Lipinski definition) is 1. The van der Waals surface area contributed by atoms with Crippen LogP contribution in [-0.2, 0) is 11.3 Å². The number of hydrogen-bond acceptors (Lipinski definition) is 3. The third-order valence-electron chi connectivity index (χ3n) is 5.19. The summed E-state index contributed by atoms with van der Waals surface area (Å²) < 4.78 is 5.61. The Balaban J connectivity index is 1.58. The molecule has 3 rings (SSSR count). The first kappa shape index (κ1) is 18.4. The van der Waals surface area contributed by atoms with Gasteiger partial charge in [0, 0.05) is 39.1 Å². The van der Waals surface area contributed by atoms with Crippen LogP contribution in [0.5, 0.6) is 0 Å².